The first kappa shape index (κ1) is 29.1. The highest BCUT2D eigenvalue weighted by Gasteiger charge is 2.25. The van der Waals surface area contributed by atoms with Crippen LogP contribution in [0, 0.1) is 12.7 Å². The lowest BCUT2D eigenvalue weighted by Gasteiger charge is -2.21. The number of anilines is 1. The zero-order valence-electron chi connectivity index (χ0n) is 23.9. The molecule has 4 aromatic carbocycles. The van der Waals surface area contributed by atoms with Crippen LogP contribution in [0.25, 0.3) is 5.69 Å². The number of rotatable bonds is 10. The van der Waals surface area contributed by atoms with Crippen LogP contribution >= 0.6 is 11.8 Å². The lowest BCUT2D eigenvalue weighted by atomic mass is 10.0. The molecule has 6 nitrogen and oxygen atoms in total. The van der Waals surface area contributed by atoms with Gasteiger partial charge in [-0.25, -0.2) is 9.18 Å². The third-order valence-corrected chi connectivity index (χ3v) is 7.97. The van der Waals surface area contributed by atoms with Crippen LogP contribution in [0.1, 0.15) is 53.9 Å². The normalized spacial score (nSPS) is 11.8. The fourth-order valence-corrected chi connectivity index (χ4v) is 5.51. The van der Waals surface area contributed by atoms with Crippen LogP contribution in [0.5, 0.6) is 0 Å². The van der Waals surface area contributed by atoms with Crippen molar-refractivity contribution in [2.24, 2.45) is 0 Å². The summed E-state index contributed by atoms with van der Waals surface area (Å²) in [5, 5.41) is 16.0. The third kappa shape index (κ3) is 7.44. The van der Waals surface area contributed by atoms with Gasteiger partial charge in [0.25, 0.3) is 0 Å². The van der Waals surface area contributed by atoms with E-state index in [1.165, 1.54) is 29.5 Å². The van der Waals surface area contributed by atoms with Gasteiger partial charge in [0.1, 0.15) is 5.82 Å². The number of amides is 2. The summed E-state index contributed by atoms with van der Waals surface area (Å²) in [6, 6.07) is 31.7. The molecule has 5 rings (SSSR count). The minimum atomic E-state index is -0.476. The molecule has 1 heterocycles. The number of thioether (sulfide) groups is 1. The van der Waals surface area contributed by atoms with Gasteiger partial charge in [-0.05, 0) is 65.9 Å². The van der Waals surface area contributed by atoms with E-state index < -0.39 is 6.04 Å². The van der Waals surface area contributed by atoms with E-state index in [-0.39, 0.29) is 11.8 Å². The number of halogens is 1. The Kier molecular flexibility index (Phi) is 9.34. The first-order chi connectivity index (χ1) is 20.4. The van der Waals surface area contributed by atoms with Gasteiger partial charge in [-0.2, -0.15) is 0 Å². The number of nitrogens with one attached hydrogen (secondary N) is 2. The molecule has 0 aliphatic heterocycles. The average Bonchev–Trinajstić information content (AvgIpc) is 3.41. The lowest BCUT2D eigenvalue weighted by Crippen LogP contribution is -2.35. The molecular formula is C34H34FN5OS. The molecular weight excluding hydrogens is 545 g/mol. The van der Waals surface area contributed by atoms with Gasteiger partial charge >= 0.3 is 6.03 Å². The summed E-state index contributed by atoms with van der Waals surface area (Å²) in [7, 11) is 0. The Labute approximate surface area is 250 Å². The van der Waals surface area contributed by atoms with Gasteiger partial charge in [0.05, 0.1) is 6.04 Å². The van der Waals surface area contributed by atoms with Crippen molar-refractivity contribution in [3.05, 3.63) is 137 Å². The molecule has 42 heavy (non-hydrogen) atoms. The van der Waals surface area contributed by atoms with Gasteiger partial charge in [0.2, 0.25) is 0 Å². The fourth-order valence-electron chi connectivity index (χ4n) is 4.60. The predicted octanol–water partition coefficient (Wildman–Crippen LogP) is 8.24. The molecule has 0 radical (unpaired) electrons. The standard InChI is InChI=1S/C34H34FN5OS/c1-23(2)27-13-17-29(18-14-27)36-33(41)37-31(21-25-7-5-4-6-8-25)32-38-39-34(40(32)30-19-9-24(3)10-20-30)42-22-26-11-15-28(35)16-12-26/h4-20,23,31H,21-22H2,1-3H3,(H2,36,37,41). The summed E-state index contributed by atoms with van der Waals surface area (Å²) in [4.78, 5) is 13.3. The maximum Gasteiger partial charge on any atom is 0.319 e. The number of hydrogen-bond acceptors (Lipinski definition) is 4. The van der Waals surface area contributed by atoms with Crippen LogP contribution in [0.15, 0.2) is 108 Å². The second-order valence-electron chi connectivity index (χ2n) is 10.5. The first-order valence-corrected chi connectivity index (χ1v) is 15.0. The molecule has 0 aliphatic rings. The van der Waals surface area contributed by atoms with Crippen molar-refractivity contribution in [3.63, 3.8) is 0 Å². The largest absolute Gasteiger partial charge is 0.327 e. The van der Waals surface area contributed by atoms with Crippen LogP contribution in [0.3, 0.4) is 0 Å². The van der Waals surface area contributed by atoms with E-state index in [0.717, 1.165) is 22.4 Å². The maximum atomic E-state index is 13.5. The highest BCUT2D eigenvalue weighted by Crippen LogP contribution is 2.29. The van der Waals surface area contributed by atoms with Gasteiger partial charge in [-0.3, -0.25) is 4.57 Å². The number of aromatic nitrogens is 3. The van der Waals surface area contributed by atoms with Crippen LogP contribution in [0.4, 0.5) is 14.9 Å². The molecule has 2 N–H and O–H groups in total. The van der Waals surface area contributed by atoms with Crippen molar-refractivity contribution in [2.45, 2.75) is 50.1 Å². The quantitative estimate of drug-likeness (QED) is 0.164. The van der Waals surface area contributed by atoms with Gasteiger partial charge < -0.3 is 10.6 Å². The van der Waals surface area contributed by atoms with Crippen molar-refractivity contribution in [2.75, 3.05) is 5.32 Å². The van der Waals surface area contributed by atoms with Crippen LogP contribution in [-0.2, 0) is 12.2 Å². The third-order valence-electron chi connectivity index (χ3n) is 6.97. The second kappa shape index (κ2) is 13.5. The number of nitrogens with zero attached hydrogens (tertiary/aromatic N) is 3. The van der Waals surface area contributed by atoms with E-state index in [0.29, 0.717) is 34.8 Å². The summed E-state index contributed by atoms with van der Waals surface area (Å²) in [5.74, 6) is 1.35. The van der Waals surface area contributed by atoms with E-state index in [1.807, 2.05) is 90.4 Å². The smallest absolute Gasteiger partial charge is 0.319 e. The Morgan fingerprint density at radius 1 is 0.857 bits per heavy atom. The van der Waals surface area contributed by atoms with E-state index in [4.69, 9.17) is 0 Å². The molecule has 1 aromatic heterocycles. The Morgan fingerprint density at radius 3 is 2.21 bits per heavy atom. The minimum absolute atomic E-state index is 0.266. The van der Waals surface area contributed by atoms with Gasteiger partial charge in [0.15, 0.2) is 11.0 Å². The molecule has 214 valence electrons. The highest BCUT2D eigenvalue weighted by molar-refractivity contribution is 7.98. The number of carbonyl (C=O) groups is 1. The molecule has 0 fully saturated rings. The van der Waals surface area contributed by atoms with E-state index in [9.17, 15) is 9.18 Å². The molecule has 0 aliphatic carbocycles. The molecule has 0 saturated heterocycles. The lowest BCUT2D eigenvalue weighted by molar-refractivity contribution is 0.247. The molecule has 0 spiro atoms. The summed E-state index contributed by atoms with van der Waals surface area (Å²) < 4.78 is 15.5. The van der Waals surface area contributed by atoms with Crippen molar-refractivity contribution in [1.29, 1.82) is 0 Å². The maximum absolute atomic E-state index is 13.5. The van der Waals surface area contributed by atoms with Crippen molar-refractivity contribution < 1.29 is 9.18 Å². The molecule has 0 bridgehead atoms. The van der Waals surface area contributed by atoms with Gasteiger partial charge in [0, 0.05) is 23.5 Å². The van der Waals surface area contributed by atoms with Crippen molar-refractivity contribution in [1.82, 2.24) is 20.1 Å². The fraction of sp³-hybridized carbons (Fsp3) is 0.206. The monoisotopic (exact) mass is 579 g/mol. The van der Waals surface area contributed by atoms with E-state index >= 15 is 0 Å². The Bertz CT molecular complexity index is 1600. The Morgan fingerprint density at radius 2 is 1.55 bits per heavy atom. The Balaban J connectivity index is 1.46. The zero-order chi connectivity index (χ0) is 29.5. The van der Waals surface area contributed by atoms with Crippen LogP contribution in [0.2, 0.25) is 0 Å². The first-order valence-electron chi connectivity index (χ1n) is 14.0. The molecule has 2 amide bonds. The summed E-state index contributed by atoms with van der Waals surface area (Å²) in [5.41, 5.74) is 5.99. The second-order valence-corrected chi connectivity index (χ2v) is 11.5. The summed E-state index contributed by atoms with van der Waals surface area (Å²) >= 11 is 1.51. The Hall–Kier alpha value is -4.43. The van der Waals surface area contributed by atoms with Crippen molar-refractivity contribution in [3.8, 4) is 5.69 Å². The molecule has 0 saturated carbocycles. The summed E-state index contributed by atoms with van der Waals surface area (Å²) in [6.45, 7) is 6.32. The van der Waals surface area contributed by atoms with Crippen LogP contribution < -0.4 is 10.6 Å². The van der Waals surface area contributed by atoms with Crippen LogP contribution in [-0.4, -0.2) is 20.8 Å². The molecule has 8 heteroatoms. The number of urea groups is 1. The number of carbonyl (C=O) groups excluding carboxylic acids is 1. The highest BCUT2D eigenvalue weighted by atomic mass is 32.2. The van der Waals surface area contributed by atoms with Gasteiger partial charge in [-0.1, -0.05) is 97.9 Å². The van der Waals surface area contributed by atoms with E-state index in [1.54, 1.807) is 12.1 Å². The number of aryl methyl sites for hydroxylation is 1. The zero-order valence-corrected chi connectivity index (χ0v) is 24.7. The van der Waals surface area contributed by atoms with Gasteiger partial charge in [-0.15, -0.1) is 10.2 Å². The van der Waals surface area contributed by atoms with Crippen molar-refractivity contribution >= 4 is 23.5 Å². The number of benzene rings is 4. The molecule has 5 aromatic rings. The summed E-state index contributed by atoms with van der Waals surface area (Å²) in [6.07, 6.45) is 0.521. The number of hydrogen-bond donors (Lipinski definition) is 2. The predicted molar refractivity (Wildman–Crippen MR) is 168 cm³/mol. The van der Waals surface area contributed by atoms with E-state index in [2.05, 4.69) is 34.7 Å². The molecule has 1 atom stereocenters. The SMILES string of the molecule is Cc1ccc(-n2c(SCc3ccc(F)cc3)nnc2C(Cc2ccccc2)NC(=O)Nc2ccc(C(C)C)cc2)cc1. The minimum Gasteiger partial charge on any atom is -0.327 e. The topological polar surface area (TPSA) is 71.8 Å². The molecule has 1 unspecified atom stereocenters. The average molecular weight is 580 g/mol.